The highest BCUT2D eigenvalue weighted by Gasteiger charge is 2.27. The quantitative estimate of drug-likeness (QED) is 0.262. The zero-order valence-electron chi connectivity index (χ0n) is 18.6. The number of rotatable bonds is 9. The first-order valence-electron chi connectivity index (χ1n) is 9.73. The van der Waals surface area contributed by atoms with Crippen LogP contribution in [0.4, 0.5) is 11.4 Å². The number of hydrogen-bond donors (Lipinski definition) is 1. The molecule has 180 valence electrons. The van der Waals surface area contributed by atoms with E-state index in [1.54, 1.807) is 37.3 Å². The van der Waals surface area contributed by atoms with E-state index in [0.29, 0.717) is 35.4 Å². The highest BCUT2D eigenvalue weighted by molar-refractivity contribution is 7.89. The molecule has 0 saturated heterocycles. The van der Waals surface area contributed by atoms with Gasteiger partial charge in [0.25, 0.3) is 15.7 Å². The summed E-state index contributed by atoms with van der Waals surface area (Å²) in [5.74, 6) is 0. The van der Waals surface area contributed by atoms with Crippen molar-refractivity contribution < 1.29 is 13.3 Å². The number of pyridine rings is 1. The Morgan fingerprint density at radius 3 is 2.71 bits per heavy atom. The number of nitrogens with one attached hydrogen (secondary N) is 1. The minimum absolute atomic E-state index is 0. The molecule has 0 fully saturated rings. The van der Waals surface area contributed by atoms with Gasteiger partial charge in [0.05, 0.1) is 40.2 Å². The smallest absolute Gasteiger partial charge is 0.281 e. The number of aromatic nitrogens is 2. The maximum atomic E-state index is 13.3. The number of nitro benzene ring substituents is 1. The van der Waals surface area contributed by atoms with Crippen LogP contribution in [-0.4, -0.2) is 67.8 Å². The van der Waals surface area contributed by atoms with E-state index in [0.717, 1.165) is 10.5 Å². The van der Waals surface area contributed by atoms with Gasteiger partial charge in [-0.25, -0.2) is 4.52 Å². The number of nitro groups is 1. The standard InChI is InChI=1S/C20H22N8O4S.ClH/c1-22-7-9-25(2)18-5-4-17(28(29)30)11-20(18)33(31,32)26(3)23-13-16-14-24-27-8-6-15(12-21)10-19(16)27;/h4-6,8,10-11,13-14,22H,7,9H2,1-3H3;1H. The zero-order chi connectivity index (χ0) is 24.2. The van der Waals surface area contributed by atoms with Crippen molar-refractivity contribution >= 4 is 45.5 Å². The molecule has 1 N–H and O–H groups in total. The number of benzene rings is 1. The van der Waals surface area contributed by atoms with Crippen molar-refractivity contribution in [2.75, 3.05) is 39.1 Å². The van der Waals surface area contributed by atoms with Gasteiger partial charge in [0.2, 0.25) is 0 Å². The summed E-state index contributed by atoms with van der Waals surface area (Å²) in [7, 11) is 0.487. The van der Waals surface area contributed by atoms with E-state index in [2.05, 4.69) is 15.5 Å². The topological polar surface area (TPSA) is 149 Å². The van der Waals surface area contributed by atoms with E-state index < -0.39 is 14.9 Å². The van der Waals surface area contributed by atoms with E-state index in [4.69, 9.17) is 5.26 Å². The average molecular weight is 507 g/mol. The first-order chi connectivity index (χ1) is 15.7. The summed E-state index contributed by atoms with van der Waals surface area (Å²) in [6.45, 7) is 1.06. The molecule has 0 atom stereocenters. The van der Waals surface area contributed by atoms with E-state index in [9.17, 15) is 18.5 Å². The van der Waals surface area contributed by atoms with Crippen molar-refractivity contribution in [3.05, 3.63) is 64.0 Å². The summed E-state index contributed by atoms with van der Waals surface area (Å²) < 4.78 is 28.9. The van der Waals surface area contributed by atoms with Crippen LogP contribution in [0.25, 0.3) is 5.52 Å². The number of halogens is 1. The van der Waals surface area contributed by atoms with Crippen LogP contribution in [0.5, 0.6) is 0 Å². The Labute approximate surface area is 202 Å². The number of non-ortho nitro benzene ring substituents is 1. The fourth-order valence-electron chi connectivity index (χ4n) is 3.05. The Morgan fingerprint density at radius 2 is 2.06 bits per heavy atom. The summed E-state index contributed by atoms with van der Waals surface area (Å²) in [6.07, 6.45) is 4.41. The molecule has 34 heavy (non-hydrogen) atoms. The molecule has 0 saturated carbocycles. The summed E-state index contributed by atoms with van der Waals surface area (Å²) in [5, 5.41) is 31.5. The first-order valence-corrected chi connectivity index (χ1v) is 11.2. The van der Waals surface area contributed by atoms with Gasteiger partial charge >= 0.3 is 0 Å². The Bertz CT molecular complexity index is 1370. The molecule has 0 aliphatic heterocycles. The fraction of sp³-hybridized carbons (Fsp3) is 0.250. The van der Waals surface area contributed by atoms with Crippen LogP contribution in [0.1, 0.15) is 11.1 Å². The molecule has 12 nitrogen and oxygen atoms in total. The van der Waals surface area contributed by atoms with E-state index in [1.807, 2.05) is 6.07 Å². The number of nitriles is 1. The predicted octanol–water partition coefficient (Wildman–Crippen LogP) is 1.85. The van der Waals surface area contributed by atoms with Crippen LogP contribution in [0.2, 0.25) is 0 Å². The second-order valence-corrected chi connectivity index (χ2v) is 8.99. The lowest BCUT2D eigenvalue weighted by atomic mass is 10.2. The van der Waals surface area contributed by atoms with Gasteiger partial charge in [-0.1, -0.05) is 0 Å². The zero-order valence-corrected chi connectivity index (χ0v) is 20.2. The van der Waals surface area contributed by atoms with Crippen molar-refractivity contribution in [1.82, 2.24) is 19.3 Å². The predicted molar refractivity (Wildman–Crippen MR) is 130 cm³/mol. The third-order valence-electron chi connectivity index (χ3n) is 4.93. The van der Waals surface area contributed by atoms with Gasteiger partial charge in [-0.15, -0.1) is 12.4 Å². The van der Waals surface area contributed by atoms with Crippen LogP contribution in [0.3, 0.4) is 0 Å². The number of sulfonamides is 1. The highest BCUT2D eigenvalue weighted by Crippen LogP contribution is 2.31. The molecule has 3 rings (SSSR count). The molecule has 0 radical (unpaired) electrons. The molecular formula is C20H23ClN8O4S. The van der Waals surface area contributed by atoms with Gasteiger partial charge < -0.3 is 10.2 Å². The van der Waals surface area contributed by atoms with Gasteiger partial charge in [-0.2, -0.15) is 28.3 Å². The Morgan fingerprint density at radius 1 is 1.32 bits per heavy atom. The van der Waals surface area contributed by atoms with Crippen molar-refractivity contribution in [3.8, 4) is 6.07 Å². The third kappa shape index (κ3) is 5.42. The van der Waals surface area contributed by atoms with Crippen molar-refractivity contribution in [1.29, 1.82) is 5.26 Å². The average Bonchev–Trinajstić information content (AvgIpc) is 3.22. The minimum Gasteiger partial charge on any atom is -0.372 e. The lowest BCUT2D eigenvalue weighted by Gasteiger charge is -2.23. The monoisotopic (exact) mass is 506 g/mol. The Balaban J connectivity index is 0.00000408. The van der Waals surface area contributed by atoms with Crippen LogP contribution < -0.4 is 10.2 Å². The van der Waals surface area contributed by atoms with E-state index in [-0.39, 0.29) is 23.0 Å². The van der Waals surface area contributed by atoms with Gasteiger partial charge in [0, 0.05) is 51.1 Å². The number of hydrogen-bond acceptors (Lipinski definition) is 9. The lowest BCUT2D eigenvalue weighted by molar-refractivity contribution is -0.385. The number of fused-ring (bicyclic) bond motifs is 1. The van der Waals surface area contributed by atoms with Gasteiger partial charge in [-0.3, -0.25) is 10.1 Å². The third-order valence-corrected chi connectivity index (χ3v) is 6.60. The Kier molecular flexibility index (Phi) is 8.52. The molecule has 3 aromatic rings. The molecule has 0 bridgehead atoms. The number of likely N-dealkylation sites (N-methyl/N-ethyl adjacent to an activating group) is 2. The van der Waals surface area contributed by atoms with Crippen LogP contribution in [0.15, 0.2) is 52.7 Å². The van der Waals surface area contributed by atoms with E-state index >= 15 is 0 Å². The van der Waals surface area contributed by atoms with Crippen LogP contribution in [0, 0.1) is 21.4 Å². The van der Waals surface area contributed by atoms with Crippen LogP contribution >= 0.6 is 12.4 Å². The van der Waals surface area contributed by atoms with Gasteiger partial charge in [-0.05, 0) is 25.2 Å². The van der Waals surface area contributed by atoms with Gasteiger partial charge in [0.1, 0.15) is 4.90 Å². The molecule has 0 amide bonds. The molecule has 1 aromatic carbocycles. The van der Waals surface area contributed by atoms with Crippen molar-refractivity contribution in [2.24, 2.45) is 5.10 Å². The summed E-state index contributed by atoms with van der Waals surface area (Å²) in [6, 6.07) is 8.95. The number of anilines is 1. The second-order valence-electron chi connectivity index (χ2n) is 7.08. The molecule has 0 unspecified atom stereocenters. The molecule has 0 spiro atoms. The lowest BCUT2D eigenvalue weighted by Crippen LogP contribution is -2.30. The number of hydrazone groups is 1. The molecular weight excluding hydrogens is 484 g/mol. The maximum Gasteiger partial charge on any atom is 0.281 e. The molecule has 2 aromatic heterocycles. The summed E-state index contributed by atoms with van der Waals surface area (Å²) in [4.78, 5) is 12.1. The molecule has 14 heteroatoms. The normalized spacial score (nSPS) is 11.2. The Hall–Kier alpha value is -3.73. The van der Waals surface area contributed by atoms with Crippen LogP contribution in [-0.2, 0) is 10.0 Å². The largest absolute Gasteiger partial charge is 0.372 e. The minimum atomic E-state index is -4.23. The SMILES string of the molecule is CNCCN(C)c1ccc([N+](=O)[O-])cc1S(=O)(=O)N(C)N=Cc1cnn2ccc(C#N)cc12.Cl. The van der Waals surface area contributed by atoms with Crippen molar-refractivity contribution in [2.45, 2.75) is 4.90 Å². The molecule has 0 aliphatic carbocycles. The first kappa shape index (κ1) is 26.5. The second kappa shape index (κ2) is 10.9. The number of nitrogens with zero attached hydrogens (tertiary/aromatic N) is 7. The van der Waals surface area contributed by atoms with Crippen molar-refractivity contribution in [3.63, 3.8) is 0 Å². The summed E-state index contributed by atoms with van der Waals surface area (Å²) in [5.41, 5.74) is 1.46. The highest BCUT2D eigenvalue weighted by atomic mass is 35.5. The molecule has 2 heterocycles. The fourth-order valence-corrected chi connectivity index (χ4v) is 4.27. The van der Waals surface area contributed by atoms with Gasteiger partial charge in [0.15, 0.2) is 0 Å². The van der Waals surface area contributed by atoms with E-state index in [1.165, 1.54) is 36.1 Å². The maximum absolute atomic E-state index is 13.3. The summed E-state index contributed by atoms with van der Waals surface area (Å²) >= 11 is 0. The molecule has 0 aliphatic rings.